The topological polar surface area (TPSA) is 86.3 Å². The number of thiocarbonyl (C=S) groups is 1. The number of benzene rings is 2. The van der Waals surface area contributed by atoms with Crippen molar-refractivity contribution in [3.05, 3.63) is 64.8 Å². The molecule has 2 aromatic carbocycles. The molecule has 0 unspecified atom stereocenters. The van der Waals surface area contributed by atoms with Gasteiger partial charge in [0.2, 0.25) is 10.0 Å². The molecule has 0 amide bonds. The van der Waals surface area contributed by atoms with Crippen LogP contribution in [-0.2, 0) is 20.2 Å². The van der Waals surface area contributed by atoms with Gasteiger partial charge in [0.15, 0.2) is 5.11 Å². The molecule has 0 radical (unpaired) electrons. The summed E-state index contributed by atoms with van der Waals surface area (Å²) in [6.45, 7) is 5.73. The van der Waals surface area contributed by atoms with Crippen LogP contribution in [-0.4, -0.2) is 57.4 Å². The minimum Gasteiger partial charge on any atom is -0.379 e. The molecule has 2 aliphatic heterocycles. The summed E-state index contributed by atoms with van der Waals surface area (Å²) < 4.78 is 32.6. The van der Waals surface area contributed by atoms with E-state index in [0.29, 0.717) is 37.0 Å². The summed E-state index contributed by atoms with van der Waals surface area (Å²) >= 11 is 11.6. The van der Waals surface area contributed by atoms with Crippen LogP contribution in [0.3, 0.4) is 0 Å². The van der Waals surface area contributed by atoms with Gasteiger partial charge in [-0.1, -0.05) is 43.6 Å². The van der Waals surface area contributed by atoms with E-state index in [0.717, 1.165) is 5.70 Å². The number of morpholine rings is 1. The fourth-order valence-corrected chi connectivity index (χ4v) is 6.11. The number of hydrogen-bond donors (Lipinski definition) is 2. The third-order valence-corrected chi connectivity index (χ3v) is 8.62. The normalized spacial score (nSPS) is 19.2. The fourth-order valence-electron chi connectivity index (χ4n) is 4.35. The van der Waals surface area contributed by atoms with Gasteiger partial charge in [0.25, 0.3) is 0 Å². The monoisotopic (exact) mass is 533 g/mol. The van der Waals surface area contributed by atoms with Crippen molar-refractivity contribution in [2.75, 3.05) is 43.6 Å². The summed E-state index contributed by atoms with van der Waals surface area (Å²) in [4.78, 5) is 2.28. The molecule has 186 valence electrons. The predicted molar refractivity (Wildman–Crippen MR) is 145 cm³/mol. The average molecular weight is 534 g/mol. The number of anilines is 2. The number of hydrazone groups is 1. The highest BCUT2D eigenvalue weighted by atomic mass is 35.5. The van der Waals surface area contributed by atoms with Crippen molar-refractivity contribution in [1.29, 1.82) is 0 Å². The first kappa shape index (κ1) is 25.6. The second-order valence-electron chi connectivity index (χ2n) is 8.76. The van der Waals surface area contributed by atoms with Crippen LogP contribution in [0.1, 0.15) is 19.4 Å². The van der Waals surface area contributed by atoms with Crippen molar-refractivity contribution in [3.63, 3.8) is 0 Å². The van der Waals surface area contributed by atoms with Gasteiger partial charge < -0.3 is 15.0 Å². The molecule has 2 N–H and O–H groups in total. The van der Waals surface area contributed by atoms with E-state index in [1.165, 1.54) is 33.8 Å². The third kappa shape index (κ3) is 5.22. The van der Waals surface area contributed by atoms with E-state index in [1.807, 2.05) is 25.3 Å². The van der Waals surface area contributed by atoms with E-state index in [2.05, 4.69) is 46.7 Å². The molecule has 0 bridgehead atoms. The minimum absolute atomic E-state index is 0.133. The summed E-state index contributed by atoms with van der Waals surface area (Å²) in [5.41, 5.74) is 6.51. The number of para-hydroxylation sites is 1. The predicted octanol–water partition coefficient (Wildman–Crippen LogP) is 3.94. The van der Waals surface area contributed by atoms with E-state index in [9.17, 15) is 8.42 Å². The van der Waals surface area contributed by atoms with Crippen LogP contribution in [0.4, 0.5) is 11.4 Å². The van der Waals surface area contributed by atoms with Crippen molar-refractivity contribution >= 4 is 56.5 Å². The number of halogens is 1. The Kier molecular flexibility index (Phi) is 7.48. The summed E-state index contributed by atoms with van der Waals surface area (Å²) in [5.74, 6) is 0. The van der Waals surface area contributed by atoms with E-state index in [4.69, 9.17) is 28.6 Å². The maximum Gasteiger partial charge on any atom is 0.243 e. The number of nitrogens with zero attached hydrogens (tertiary/aromatic N) is 3. The molecule has 8 nitrogen and oxygen atoms in total. The first-order chi connectivity index (χ1) is 16.6. The first-order valence-electron chi connectivity index (χ1n) is 11.1. The zero-order chi connectivity index (χ0) is 25.2. The molecule has 0 atom stereocenters. The van der Waals surface area contributed by atoms with Gasteiger partial charge in [-0.25, -0.2) is 8.42 Å². The number of rotatable bonds is 5. The number of hydrogen-bond acceptors (Lipinski definition) is 6. The molecule has 4 rings (SSSR count). The number of nitrogens with one attached hydrogen (secondary N) is 2. The second kappa shape index (κ2) is 10.2. The molecule has 2 aromatic rings. The van der Waals surface area contributed by atoms with Gasteiger partial charge in [0.1, 0.15) is 0 Å². The van der Waals surface area contributed by atoms with Crippen LogP contribution in [0, 0.1) is 0 Å². The van der Waals surface area contributed by atoms with E-state index in [-0.39, 0.29) is 15.4 Å². The first-order valence-corrected chi connectivity index (χ1v) is 13.4. The molecule has 0 aliphatic carbocycles. The summed E-state index contributed by atoms with van der Waals surface area (Å²) in [6, 6.07) is 12.8. The molecular formula is C24H28ClN5O3S2. The summed E-state index contributed by atoms with van der Waals surface area (Å²) in [6.07, 6.45) is 3.59. The Morgan fingerprint density at radius 1 is 1.20 bits per heavy atom. The lowest BCUT2D eigenvalue weighted by Gasteiger charge is -2.26. The van der Waals surface area contributed by atoms with Gasteiger partial charge in [-0.15, -0.1) is 0 Å². The highest BCUT2D eigenvalue weighted by molar-refractivity contribution is 7.89. The zero-order valence-electron chi connectivity index (χ0n) is 19.8. The van der Waals surface area contributed by atoms with Crippen molar-refractivity contribution in [2.45, 2.75) is 24.2 Å². The van der Waals surface area contributed by atoms with Gasteiger partial charge >= 0.3 is 0 Å². The van der Waals surface area contributed by atoms with Crippen LogP contribution < -0.4 is 15.6 Å². The summed E-state index contributed by atoms with van der Waals surface area (Å²) in [5, 5.41) is 7.66. The SMILES string of the molecule is CN1/C(=C\C=N\NC(=S)Nc2cc(S(=O)(=O)N3CCOCC3)ccc2Cl)C(C)(C)c2ccccc21. The highest BCUT2D eigenvalue weighted by Crippen LogP contribution is 2.46. The molecule has 11 heteroatoms. The van der Waals surface area contributed by atoms with E-state index < -0.39 is 10.0 Å². The average Bonchev–Trinajstić information content (AvgIpc) is 3.04. The van der Waals surface area contributed by atoms with Crippen molar-refractivity contribution in [1.82, 2.24) is 9.73 Å². The lowest BCUT2D eigenvalue weighted by atomic mass is 9.84. The van der Waals surface area contributed by atoms with E-state index in [1.54, 1.807) is 6.21 Å². The molecular weight excluding hydrogens is 506 g/mol. The Hall–Kier alpha value is -2.50. The number of likely N-dealkylation sites (N-methyl/N-ethyl adjacent to an activating group) is 1. The number of ether oxygens (including phenoxy) is 1. The Balaban J connectivity index is 1.43. The van der Waals surface area contributed by atoms with Crippen LogP contribution in [0.15, 0.2) is 64.2 Å². The summed E-state index contributed by atoms with van der Waals surface area (Å²) in [7, 11) is -1.62. The lowest BCUT2D eigenvalue weighted by molar-refractivity contribution is 0.0730. The second-order valence-corrected chi connectivity index (χ2v) is 11.5. The smallest absolute Gasteiger partial charge is 0.243 e. The molecule has 1 fully saturated rings. The van der Waals surface area contributed by atoms with Gasteiger partial charge in [-0.3, -0.25) is 5.43 Å². The van der Waals surface area contributed by atoms with Crippen LogP contribution >= 0.6 is 23.8 Å². The maximum atomic E-state index is 13.0. The Bertz CT molecular complexity index is 1290. The molecule has 2 heterocycles. The fraction of sp³-hybridized carbons (Fsp3) is 0.333. The van der Waals surface area contributed by atoms with Crippen LogP contribution in [0.25, 0.3) is 0 Å². The zero-order valence-corrected chi connectivity index (χ0v) is 22.2. The molecule has 0 saturated carbocycles. The van der Waals surface area contributed by atoms with Crippen molar-refractivity contribution < 1.29 is 13.2 Å². The molecule has 2 aliphatic rings. The number of fused-ring (bicyclic) bond motifs is 1. The Morgan fingerprint density at radius 2 is 1.91 bits per heavy atom. The van der Waals surface area contributed by atoms with Gasteiger partial charge in [0, 0.05) is 43.2 Å². The van der Waals surface area contributed by atoms with Crippen molar-refractivity contribution in [3.8, 4) is 0 Å². The van der Waals surface area contributed by atoms with Gasteiger partial charge in [-0.2, -0.15) is 9.41 Å². The molecule has 35 heavy (non-hydrogen) atoms. The number of allylic oxidation sites excluding steroid dienone is 2. The van der Waals surface area contributed by atoms with Gasteiger partial charge in [-0.05, 0) is 48.1 Å². The van der Waals surface area contributed by atoms with E-state index >= 15 is 0 Å². The highest BCUT2D eigenvalue weighted by Gasteiger charge is 2.37. The molecule has 0 aromatic heterocycles. The maximum absolute atomic E-state index is 13.0. The van der Waals surface area contributed by atoms with Crippen molar-refractivity contribution in [2.24, 2.45) is 5.10 Å². The molecule has 1 saturated heterocycles. The van der Waals surface area contributed by atoms with Crippen LogP contribution in [0.5, 0.6) is 0 Å². The van der Waals surface area contributed by atoms with Gasteiger partial charge in [0.05, 0.1) is 28.8 Å². The number of sulfonamides is 1. The standard InChI is InChI=1S/C24H28ClN5O3S2/c1-24(2)18-6-4-5-7-21(18)29(3)22(24)10-11-26-28-23(34)27-20-16-17(8-9-19(20)25)35(31,32)30-12-14-33-15-13-30/h4-11,16H,12-15H2,1-3H3,(H2,27,28,34)/b22-10-,26-11+. The lowest BCUT2D eigenvalue weighted by Crippen LogP contribution is -2.40. The minimum atomic E-state index is -3.66. The quantitative estimate of drug-likeness (QED) is 0.342. The Labute approximate surface area is 216 Å². The largest absolute Gasteiger partial charge is 0.379 e. The molecule has 0 spiro atoms. The Morgan fingerprint density at radius 3 is 2.63 bits per heavy atom. The van der Waals surface area contributed by atoms with Crippen LogP contribution in [0.2, 0.25) is 5.02 Å². The third-order valence-electron chi connectivity index (χ3n) is 6.21.